The van der Waals surface area contributed by atoms with Crippen LogP contribution in [0.25, 0.3) is 0 Å². The van der Waals surface area contributed by atoms with Gasteiger partial charge in [-0.25, -0.2) is 5.43 Å². The smallest absolute Gasteiger partial charge is 0.416 e. The zero-order chi connectivity index (χ0) is 23.9. The molecule has 0 aliphatic carbocycles. The topological polar surface area (TPSA) is 89.0 Å². The molecule has 0 atom stereocenters. The van der Waals surface area contributed by atoms with Gasteiger partial charge in [0, 0.05) is 24.5 Å². The van der Waals surface area contributed by atoms with Crippen molar-refractivity contribution in [1.82, 2.24) is 5.43 Å². The van der Waals surface area contributed by atoms with Crippen LogP contribution >= 0.6 is 11.6 Å². The van der Waals surface area contributed by atoms with Gasteiger partial charge in [-0.15, -0.1) is 0 Å². The molecule has 0 aromatic heterocycles. The zero-order valence-corrected chi connectivity index (χ0v) is 18.2. The van der Waals surface area contributed by atoms with Crippen molar-refractivity contribution in [3.63, 3.8) is 0 Å². The van der Waals surface area contributed by atoms with Gasteiger partial charge in [0.2, 0.25) is 11.8 Å². The van der Waals surface area contributed by atoms with Gasteiger partial charge in [-0.05, 0) is 37.3 Å². The maximum Gasteiger partial charge on any atom is 0.416 e. The van der Waals surface area contributed by atoms with Crippen LogP contribution in [0.3, 0.4) is 0 Å². The second-order valence-corrected chi connectivity index (χ2v) is 6.95. The van der Waals surface area contributed by atoms with Crippen LogP contribution in [0.5, 0.6) is 11.5 Å². The quantitative estimate of drug-likeness (QED) is 0.434. The zero-order valence-electron chi connectivity index (χ0n) is 17.5. The van der Waals surface area contributed by atoms with Crippen LogP contribution in [0, 0.1) is 0 Å². The van der Waals surface area contributed by atoms with Crippen LogP contribution in [0.4, 0.5) is 18.9 Å². The number of amides is 2. The van der Waals surface area contributed by atoms with E-state index in [1.165, 1.54) is 14.2 Å². The lowest BCUT2D eigenvalue weighted by Crippen LogP contribution is -2.22. The molecule has 0 radical (unpaired) electrons. The number of rotatable bonds is 8. The van der Waals surface area contributed by atoms with Gasteiger partial charge in [-0.2, -0.15) is 18.3 Å². The Morgan fingerprint density at radius 1 is 1.03 bits per heavy atom. The first-order chi connectivity index (χ1) is 15.0. The highest BCUT2D eigenvalue weighted by Gasteiger charge is 2.31. The SMILES string of the molecule is COc1ccc(C(C)=NNC(=O)CCC(=O)Nc2cc(C(F)(F)F)ccc2Cl)c(OC)c1. The molecule has 0 saturated carbocycles. The number of alkyl halides is 3. The Bertz CT molecular complexity index is 1030. The molecule has 0 spiro atoms. The number of ether oxygens (including phenoxy) is 2. The minimum Gasteiger partial charge on any atom is -0.497 e. The van der Waals surface area contributed by atoms with Gasteiger partial charge in [-0.1, -0.05) is 11.6 Å². The summed E-state index contributed by atoms with van der Waals surface area (Å²) in [7, 11) is 3.01. The van der Waals surface area contributed by atoms with Crippen LogP contribution < -0.4 is 20.2 Å². The first kappa shape index (κ1) is 25.0. The molecular weight excluding hydrogens is 451 g/mol. The molecule has 172 valence electrons. The van der Waals surface area contributed by atoms with E-state index >= 15 is 0 Å². The Balaban J connectivity index is 1.94. The number of hydrogen-bond acceptors (Lipinski definition) is 5. The summed E-state index contributed by atoms with van der Waals surface area (Å²) in [6.45, 7) is 1.66. The largest absolute Gasteiger partial charge is 0.497 e. The molecule has 32 heavy (non-hydrogen) atoms. The third-order valence-electron chi connectivity index (χ3n) is 4.29. The van der Waals surface area contributed by atoms with E-state index in [4.69, 9.17) is 21.1 Å². The van der Waals surface area contributed by atoms with Crippen LogP contribution in [0.2, 0.25) is 5.02 Å². The lowest BCUT2D eigenvalue weighted by Gasteiger charge is -2.11. The number of halogens is 4. The van der Waals surface area contributed by atoms with Crippen LogP contribution in [0.15, 0.2) is 41.5 Å². The molecule has 11 heteroatoms. The highest BCUT2D eigenvalue weighted by Crippen LogP contribution is 2.33. The van der Waals surface area contributed by atoms with E-state index in [2.05, 4.69) is 15.8 Å². The molecular formula is C21H21ClF3N3O4. The van der Waals surface area contributed by atoms with E-state index in [9.17, 15) is 22.8 Å². The van der Waals surface area contributed by atoms with Crippen molar-refractivity contribution in [2.75, 3.05) is 19.5 Å². The molecule has 0 aliphatic heterocycles. The van der Waals surface area contributed by atoms with E-state index < -0.39 is 23.6 Å². The lowest BCUT2D eigenvalue weighted by atomic mass is 10.1. The number of benzene rings is 2. The van der Waals surface area contributed by atoms with Gasteiger partial charge in [-0.3, -0.25) is 9.59 Å². The first-order valence-electron chi connectivity index (χ1n) is 9.27. The normalized spacial score (nSPS) is 11.7. The molecule has 2 amide bonds. The van der Waals surface area contributed by atoms with Crippen molar-refractivity contribution in [3.8, 4) is 11.5 Å². The maximum absolute atomic E-state index is 12.8. The van der Waals surface area contributed by atoms with Crippen molar-refractivity contribution < 1.29 is 32.2 Å². The first-order valence-corrected chi connectivity index (χ1v) is 9.65. The Morgan fingerprint density at radius 2 is 1.72 bits per heavy atom. The minimum absolute atomic E-state index is 0.0514. The number of anilines is 1. The molecule has 0 fully saturated rings. The van der Waals surface area contributed by atoms with Crippen molar-refractivity contribution in [2.24, 2.45) is 5.10 Å². The lowest BCUT2D eigenvalue weighted by molar-refractivity contribution is -0.137. The predicted octanol–water partition coefficient (Wildman–Crippen LogP) is 4.64. The standard InChI is InChI=1S/C21H21ClF3N3O4/c1-12(15-6-5-14(31-2)11-18(15)32-3)27-28-20(30)9-8-19(29)26-17-10-13(21(23,24)25)4-7-16(17)22/h4-7,10-11H,8-9H2,1-3H3,(H,26,29)(H,28,30). The third-order valence-corrected chi connectivity index (χ3v) is 4.62. The number of carbonyl (C=O) groups is 2. The average molecular weight is 472 g/mol. The fourth-order valence-corrected chi connectivity index (χ4v) is 2.76. The van der Waals surface area contributed by atoms with Gasteiger partial charge in [0.15, 0.2) is 0 Å². The molecule has 2 aromatic rings. The van der Waals surface area contributed by atoms with Gasteiger partial charge in [0.05, 0.1) is 36.2 Å². The van der Waals surface area contributed by atoms with E-state index in [-0.39, 0.29) is 23.6 Å². The van der Waals surface area contributed by atoms with Gasteiger partial charge >= 0.3 is 6.18 Å². The summed E-state index contributed by atoms with van der Waals surface area (Å²) in [4.78, 5) is 24.1. The number of carbonyl (C=O) groups excluding carboxylic acids is 2. The fraction of sp³-hybridized carbons (Fsp3) is 0.286. The second kappa shape index (κ2) is 10.9. The van der Waals surface area contributed by atoms with E-state index in [1.54, 1.807) is 25.1 Å². The van der Waals surface area contributed by atoms with Crippen molar-refractivity contribution in [2.45, 2.75) is 25.9 Å². The minimum atomic E-state index is -4.58. The molecule has 2 aromatic carbocycles. The molecule has 2 N–H and O–H groups in total. The fourth-order valence-electron chi connectivity index (χ4n) is 2.60. The molecule has 0 unspecified atom stereocenters. The van der Waals surface area contributed by atoms with E-state index in [0.717, 1.165) is 18.2 Å². The molecule has 0 bridgehead atoms. The van der Waals surface area contributed by atoms with Crippen LogP contribution in [0.1, 0.15) is 30.9 Å². The van der Waals surface area contributed by atoms with E-state index in [1.807, 2.05) is 0 Å². The summed E-state index contributed by atoms with van der Waals surface area (Å²) < 4.78 is 48.9. The maximum atomic E-state index is 12.8. The van der Waals surface area contributed by atoms with Crippen molar-refractivity contribution >= 4 is 34.8 Å². The van der Waals surface area contributed by atoms with Gasteiger partial charge < -0.3 is 14.8 Å². The Kier molecular flexibility index (Phi) is 8.48. The molecule has 0 aliphatic rings. The number of nitrogens with one attached hydrogen (secondary N) is 2. The van der Waals surface area contributed by atoms with Crippen LogP contribution in [-0.4, -0.2) is 31.7 Å². The monoisotopic (exact) mass is 471 g/mol. The summed E-state index contributed by atoms with van der Waals surface area (Å²) in [6.07, 6.45) is -5.09. The average Bonchev–Trinajstić information content (AvgIpc) is 2.76. The van der Waals surface area contributed by atoms with Gasteiger partial charge in [0.25, 0.3) is 0 Å². The van der Waals surface area contributed by atoms with E-state index in [0.29, 0.717) is 22.8 Å². The van der Waals surface area contributed by atoms with Crippen LogP contribution in [-0.2, 0) is 15.8 Å². The third kappa shape index (κ3) is 6.88. The van der Waals surface area contributed by atoms with Crippen molar-refractivity contribution in [3.05, 3.63) is 52.5 Å². The Labute approximate surface area is 187 Å². The summed E-state index contributed by atoms with van der Waals surface area (Å²) in [5, 5.41) is 6.22. The Hall–Kier alpha value is -3.27. The van der Waals surface area contributed by atoms with Gasteiger partial charge in [0.1, 0.15) is 11.5 Å². The number of hydrazone groups is 1. The highest BCUT2D eigenvalue weighted by molar-refractivity contribution is 6.33. The number of nitrogens with zero attached hydrogens (tertiary/aromatic N) is 1. The summed E-state index contributed by atoms with van der Waals surface area (Å²) in [6, 6.07) is 7.67. The van der Waals surface area contributed by atoms with Crippen molar-refractivity contribution in [1.29, 1.82) is 0 Å². The second-order valence-electron chi connectivity index (χ2n) is 6.54. The Morgan fingerprint density at radius 3 is 2.34 bits per heavy atom. The predicted molar refractivity (Wildman–Crippen MR) is 114 cm³/mol. The summed E-state index contributed by atoms with van der Waals surface area (Å²) in [5.74, 6) is -0.132. The molecule has 0 saturated heterocycles. The number of methoxy groups -OCH3 is 2. The molecule has 2 rings (SSSR count). The molecule has 7 nitrogen and oxygen atoms in total. The number of hydrogen-bond donors (Lipinski definition) is 2. The summed E-state index contributed by atoms with van der Waals surface area (Å²) >= 11 is 5.84. The highest BCUT2D eigenvalue weighted by atomic mass is 35.5. The molecule has 0 heterocycles. The summed E-state index contributed by atoms with van der Waals surface area (Å²) in [5.41, 5.74) is 2.28.